The van der Waals surface area contributed by atoms with Gasteiger partial charge in [0.2, 0.25) is 0 Å². The van der Waals surface area contributed by atoms with Crippen LogP contribution in [0.3, 0.4) is 0 Å². The van der Waals surface area contributed by atoms with E-state index in [0.717, 1.165) is 70.3 Å². The normalized spacial score (nSPS) is 11.7. The number of carbonyl (C=O) groups excluding carboxylic acids is 2. The number of esters is 2. The first kappa shape index (κ1) is 49.6. The summed E-state index contributed by atoms with van der Waals surface area (Å²) in [5, 5.41) is 0. The minimum atomic E-state index is -5.02. The minimum absolute atomic E-state index is 0. The maximum atomic E-state index is 13.0. The summed E-state index contributed by atoms with van der Waals surface area (Å²) in [7, 11) is -5.02. The number of rotatable bonds is 33. The number of carbonyl (C=O) groups is 2. The fraction of sp³-hybridized carbons (Fsp3) is 0.714. The Bertz CT molecular complexity index is 1180. The van der Waals surface area contributed by atoms with E-state index in [4.69, 9.17) is 9.47 Å². The van der Waals surface area contributed by atoms with Crippen LogP contribution in [0.5, 0.6) is 0 Å². The molecule has 51 heavy (non-hydrogen) atoms. The van der Waals surface area contributed by atoms with E-state index < -0.39 is 32.5 Å². The van der Waals surface area contributed by atoms with Gasteiger partial charge in [0.25, 0.3) is 0 Å². The van der Waals surface area contributed by atoms with Crippen LogP contribution in [0, 0.1) is 0 Å². The van der Waals surface area contributed by atoms with Crippen molar-refractivity contribution in [1.82, 2.24) is 0 Å². The SMILES string of the molecule is CCCCCCCCC/C=C/CCCCCCOC(=O)c1cccc(S(=O)(=O)[O-])c1C(=O)OCCCCCC/C=C/CCCCCCCCC.[Na+]. The smallest absolute Gasteiger partial charge is 0.744 e. The molecule has 1 rings (SSSR count). The molecule has 7 nitrogen and oxygen atoms in total. The van der Waals surface area contributed by atoms with Crippen molar-refractivity contribution in [1.29, 1.82) is 0 Å². The maximum Gasteiger partial charge on any atom is 1.00 e. The van der Waals surface area contributed by atoms with Gasteiger partial charge in [-0.05, 0) is 76.3 Å². The third kappa shape index (κ3) is 26.9. The molecule has 1 aromatic carbocycles. The van der Waals surface area contributed by atoms with Crippen molar-refractivity contribution in [3.63, 3.8) is 0 Å². The van der Waals surface area contributed by atoms with Crippen molar-refractivity contribution >= 4 is 22.1 Å². The zero-order valence-corrected chi connectivity index (χ0v) is 35.4. The molecule has 0 aromatic heterocycles. The third-order valence-corrected chi connectivity index (χ3v) is 9.88. The molecule has 0 N–H and O–H groups in total. The fourth-order valence-electron chi connectivity index (χ4n) is 5.95. The summed E-state index contributed by atoms with van der Waals surface area (Å²) in [5.41, 5.74) is -0.803. The van der Waals surface area contributed by atoms with E-state index >= 15 is 0 Å². The summed E-state index contributed by atoms with van der Waals surface area (Å²) in [4.78, 5) is 25.1. The standard InChI is InChI=1S/C42H70O7S.Na/c1-3-5-7-9-11-13-15-17-19-21-23-25-27-29-31-36-48-41(43)38-34-33-35-39(50(45,46)47)40(38)42(44)49-37-32-30-28-26-24-22-20-18-16-14-12-10-8-6-4-2;/h19-22,33-35H,3-18,23-32,36-37H2,1-2H3,(H,45,46,47);/q;+1/p-1/b21-19+,22-20+;. The van der Waals surface area contributed by atoms with Gasteiger partial charge in [-0.15, -0.1) is 0 Å². The van der Waals surface area contributed by atoms with E-state index in [1.54, 1.807) is 0 Å². The predicted molar refractivity (Wildman–Crippen MR) is 205 cm³/mol. The maximum absolute atomic E-state index is 13.0. The molecule has 0 heterocycles. The first-order chi connectivity index (χ1) is 24.3. The molecule has 0 amide bonds. The summed E-state index contributed by atoms with van der Waals surface area (Å²) in [6, 6.07) is 3.59. The van der Waals surface area contributed by atoms with Gasteiger partial charge in [0.15, 0.2) is 0 Å². The van der Waals surface area contributed by atoms with Gasteiger partial charge in [0.05, 0.1) is 29.2 Å². The number of benzene rings is 1. The van der Waals surface area contributed by atoms with Crippen LogP contribution in [0.4, 0.5) is 0 Å². The fourth-order valence-corrected chi connectivity index (χ4v) is 6.63. The Kier molecular flexibility index (Phi) is 33.4. The number of allylic oxidation sites excluding steroid dienone is 4. The Labute approximate surface area is 334 Å². The molecule has 9 heteroatoms. The van der Waals surface area contributed by atoms with Gasteiger partial charge in [0.1, 0.15) is 10.1 Å². The Balaban J connectivity index is 0.0000250. The summed E-state index contributed by atoms with van der Waals surface area (Å²) < 4.78 is 46.5. The monoisotopic (exact) mass is 740 g/mol. The molecule has 0 aliphatic heterocycles. The van der Waals surface area contributed by atoms with Gasteiger partial charge >= 0.3 is 41.5 Å². The molecule has 0 fully saturated rings. The third-order valence-electron chi connectivity index (χ3n) is 9.00. The number of ether oxygens (including phenoxy) is 2. The van der Waals surface area contributed by atoms with Crippen molar-refractivity contribution in [3.8, 4) is 0 Å². The van der Waals surface area contributed by atoms with E-state index in [-0.39, 0.29) is 48.3 Å². The summed E-state index contributed by atoms with van der Waals surface area (Å²) in [6.07, 6.45) is 39.0. The Morgan fingerprint density at radius 3 is 1.29 bits per heavy atom. The number of unbranched alkanes of at least 4 members (excludes halogenated alkanes) is 22. The first-order valence-electron chi connectivity index (χ1n) is 20.1. The molecule has 0 aliphatic rings. The zero-order chi connectivity index (χ0) is 36.5. The second kappa shape index (κ2) is 34.3. The van der Waals surface area contributed by atoms with Crippen LogP contribution >= 0.6 is 0 Å². The molecule has 1 aromatic rings. The predicted octanol–water partition coefficient (Wildman–Crippen LogP) is 9.20. The van der Waals surface area contributed by atoms with Crippen molar-refractivity contribution in [3.05, 3.63) is 53.6 Å². The zero-order valence-electron chi connectivity index (χ0n) is 32.6. The molecule has 0 spiro atoms. The van der Waals surface area contributed by atoms with Crippen LogP contribution in [-0.2, 0) is 19.6 Å². The van der Waals surface area contributed by atoms with Crippen molar-refractivity contribution in [2.75, 3.05) is 13.2 Å². The van der Waals surface area contributed by atoms with Gasteiger partial charge in [-0.1, -0.05) is 147 Å². The van der Waals surface area contributed by atoms with Crippen LogP contribution in [-0.4, -0.2) is 38.1 Å². The van der Waals surface area contributed by atoms with Crippen molar-refractivity contribution in [2.24, 2.45) is 0 Å². The minimum Gasteiger partial charge on any atom is -0.744 e. The Hall–Kier alpha value is -1.45. The van der Waals surface area contributed by atoms with Crippen LogP contribution in [0.25, 0.3) is 0 Å². The average molecular weight is 741 g/mol. The van der Waals surface area contributed by atoms with Crippen LogP contribution in [0.15, 0.2) is 47.4 Å². The van der Waals surface area contributed by atoms with E-state index in [0.29, 0.717) is 12.8 Å². The van der Waals surface area contributed by atoms with Crippen LogP contribution in [0.1, 0.15) is 202 Å². The van der Waals surface area contributed by atoms with E-state index in [1.165, 1.54) is 102 Å². The largest absolute Gasteiger partial charge is 1.00 e. The van der Waals surface area contributed by atoms with Crippen LogP contribution < -0.4 is 29.6 Å². The topological polar surface area (TPSA) is 110 Å². The van der Waals surface area contributed by atoms with Crippen molar-refractivity contribution in [2.45, 2.75) is 186 Å². The molecule has 0 unspecified atom stereocenters. The molecule has 0 saturated heterocycles. The number of hydrogen-bond donors (Lipinski definition) is 0. The van der Waals surface area contributed by atoms with Gasteiger partial charge in [-0.2, -0.15) is 0 Å². The molecule has 0 atom stereocenters. The van der Waals surface area contributed by atoms with Gasteiger partial charge in [-0.25, -0.2) is 18.0 Å². The first-order valence-corrected chi connectivity index (χ1v) is 21.5. The molecule has 0 saturated carbocycles. The Morgan fingerprint density at radius 2 is 0.902 bits per heavy atom. The summed E-state index contributed by atoms with van der Waals surface area (Å²) in [5.74, 6) is -1.84. The summed E-state index contributed by atoms with van der Waals surface area (Å²) in [6.45, 7) is 4.70. The molecule has 0 radical (unpaired) electrons. The number of hydrogen-bond acceptors (Lipinski definition) is 7. The van der Waals surface area contributed by atoms with Crippen LogP contribution in [0.2, 0.25) is 0 Å². The Morgan fingerprint density at radius 1 is 0.549 bits per heavy atom. The van der Waals surface area contributed by atoms with E-state index in [2.05, 4.69) is 38.2 Å². The molecular weight excluding hydrogens is 672 g/mol. The second-order valence-corrected chi connectivity index (χ2v) is 14.9. The second-order valence-electron chi connectivity index (χ2n) is 13.6. The molecular formula is C42H69NaO7S. The quantitative estimate of drug-likeness (QED) is 0.0232. The van der Waals surface area contributed by atoms with Gasteiger partial charge in [0, 0.05) is 0 Å². The summed E-state index contributed by atoms with van der Waals surface area (Å²) >= 11 is 0. The van der Waals surface area contributed by atoms with E-state index in [9.17, 15) is 22.6 Å². The van der Waals surface area contributed by atoms with Crippen molar-refractivity contribution < 1.29 is 61.6 Å². The molecule has 286 valence electrons. The van der Waals surface area contributed by atoms with Gasteiger partial charge < -0.3 is 14.0 Å². The molecule has 0 bridgehead atoms. The van der Waals surface area contributed by atoms with E-state index in [1.807, 2.05) is 0 Å². The molecule has 0 aliphatic carbocycles. The van der Waals surface area contributed by atoms with Gasteiger partial charge in [-0.3, -0.25) is 0 Å². The average Bonchev–Trinajstić information content (AvgIpc) is 3.10.